The molecule has 0 atom stereocenters. The fourth-order valence-corrected chi connectivity index (χ4v) is 2.47. The van der Waals surface area contributed by atoms with Gasteiger partial charge in [-0.1, -0.05) is 103 Å². The first-order valence-electron chi connectivity index (χ1n) is 9.85. The van der Waals surface area contributed by atoms with Crippen LogP contribution < -0.4 is 4.72 Å². The van der Waals surface area contributed by atoms with E-state index in [9.17, 15) is 8.42 Å². The lowest BCUT2D eigenvalue weighted by Crippen LogP contribution is -2.22. The normalized spacial score (nSPS) is 8.00. The molecular formula is C23H40N2O2S. The quantitative estimate of drug-likeness (QED) is 0.623. The highest BCUT2D eigenvalue weighted by Crippen LogP contribution is 2.05. The first-order valence-corrected chi connectivity index (χ1v) is 11.3. The van der Waals surface area contributed by atoms with Gasteiger partial charge in [0.15, 0.2) is 0 Å². The van der Waals surface area contributed by atoms with Gasteiger partial charge in [0.05, 0.1) is 11.0 Å². The molecule has 2 rings (SSSR count). The lowest BCUT2D eigenvalue weighted by atomic mass is 10.2. The van der Waals surface area contributed by atoms with Gasteiger partial charge in [0.2, 0.25) is 10.0 Å². The van der Waals surface area contributed by atoms with Crippen LogP contribution in [0, 0.1) is 18.3 Å². The molecule has 1 N–H and O–H groups in total. The van der Waals surface area contributed by atoms with Gasteiger partial charge in [-0.3, -0.25) is 0 Å². The maximum absolute atomic E-state index is 11.3. The third kappa shape index (κ3) is 21.9. The van der Waals surface area contributed by atoms with Gasteiger partial charge in [-0.05, 0) is 19.1 Å². The molecule has 2 aromatic carbocycles. The molecule has 4 nitrogen and oxygen atoms in total. The van der Waals surface area contributed by atoms with E-state index in [1.807, 2.05) is 59.7 Å². The molecule has 0 aliphatic heterocycles. The van der Waals surface area contributed by atoms with Crippen molar-refractivity contribution in [1.29, 1.82) is 5.26 Å². The van der Waals surface area contributed by atoms with Crippen LogP contribution in [-0.2, 0) is 10.0 Å². The second kappa shape index (κ2) is 27.1. The zero-order valence-corrected chi connectivity index (χ0v) is 20.0. The highest BCUT2D eigenvalue weighted by Gasteiger charge is 2.09. The van der Waals surface area contributed by atoms with Crippen LogP contribution in [0.15, 0.2) is 65.6 Å². The van der Waals surface area contributed by atoms with E-state index >= 15 is 0 Å². The average Bonchev–Trinajstić information content (AvgIpc) is 2.75. The van der Waals surface area contributed by atoms with Crippen molar-refractivity contribution in [3.63, 3.8) is 0 Å². The Balaban J connectivity index is -0.000000153. The Morgan fingerprint density at radius 1 is 0.821 bits per heavy atom. The summed E-state index contributed by atoms with van der Waals surface area (Å²) >= 11 is 0. The van der Waals surface area contributed by atoms with Crippen LogP contribution >= 0.6 is 0 Å². The molecule has 0 bridgehead atoms. The molecule has 0 saturated carbocycles. The standard InChI is InChI=1S/C8H11NO2S.C7H8.C2H3N.3C2H6/c1-2-9-12(10,11)8-6-4-3-5-7-8;1-7-5-3-2-4-6-7;1-2-3;3*1-2/h3-7,9H,2H2,1H3;2-6H,1H3;1H3;3*1-2H3. The molecule has 0 spiro atoms. The molecule has 5 heteroatoms. The molecule has 0 aromatic heterocycles. The highest BCUT2D eigenvalue weighted by molar-refractivity contribution is 7.89. The van der Waals surface area contributed by atoms with E-state index in [2.05, 4.69) is 23.8 Å². The molecule has 0 heterocycles. The van der Waals surface area contributed by atoms with Crippen LogP contribution in [0.3, 0.4) is 0 Å². The number of nitrogens with zero attached hydrogens (tertiary/aromatic N) is 1. The first-order chi connectivity index (χ1) is 13.5. The molecule has 0 unspecified atom stereocenters. The lowest BCUT2D eigenvalue weighted by Gasteiger charge is -2.02. The first kappa shape index (κ1) is 33.4. The molecule has 0 saturated heterocycles. The molecule has 0 aliphatic rings. The van der Waals surface area contributed by atoms with Crippen molar-refractivity contribution in [3.8, 4) is 6.07 Å². The fourth-order valence-electron chi connectivity index (χ4n) is 1.41. The number of nitriles is 1. The molecule has 0 aliphatic carbocycles. The molecule has 2 aromatic rings. The van der Waals surface area contributed by atoms with Gasteiger partial charge < -0.3 is 0 Å². The van der Waals surface area contributed by atoms with Crippen molar-refractivity contribution in [2.45, 2.75) is 67.2 Å². The zero-order valence-electron chi connectivity index (χ0n) is 19.2. The SMILES string of the molecule is CC.CC.CC.CC#N.CCNS(=O)(=O)c1ccccc1.Cc1ccccc1. The van der Waals surface area contributed by atoms with Crippen LogP contribution in [0.25, 0.3) is 0 Å². The maximum Gasteiger partial charge on any atom is 0.240 e. The van der Waals surface area contributed by atoms with Gasteiger partial charge in [-0.15, -0.1) is 0 Å². The van der Waals surface area contributed by atoms with Crippen molar-refractivity contribution >= 4 is 10.0 Å². The minimum Gasteiger partial charge on any atom is -0.211 e. The summed E-state index contributed by atoms with van der Waals surface area (Å²) in [6.07, 6.45) is 0. The summed E-state index contributed by atoms with van der Waals surface area (Å²) in [6.45, 7) is 17.7. The van der Waals surface area contributed by atoms with Crippen molar-refractivity contribution < 1.29 is 8.42 Å². The number of nitrogens with one attached hydrogen (secondary N) is 1. The van der Waals surface area contributed by atoms with E-state index in [1.165, 1.54) is 12.5 Å². The van der Waals surface area contributed by atoms with Gasteiger partial charge >= 0.3 is 0 Å². The number of rotatable bonds is 3. The Labute approximate surface area is 174 Å². The van der Waals surface area contributed by atoms with Crippen molar-refractivity contribution in [2.24, 2.45) is 0 Å². The van der Waals surface area contributed by atoms with Crippen LogP contribution in [0.1, 0.15) is 61.0 Å². The minimum atomic E-state index is -3.26. The van der Waals surface area contributed by atoms with E-state index < -0.39 is 10.0 Å². The predicted octanol–water partition coefficient (Wildman–Crippen LogP) is 6.59. The number of sulfonamides is 1. The van der Waals surface area contributed by atoms with Gasteiger partial charge in [-0.2, -0.15) is 5.26 Å². The molecule has 160 valence electrons. The molecule has 0 amide bonds. The van der Waals surface area contributed by atoms with Crippen molar-refractivity contribution in [1.82, 2.24) is 4.72 Å². The summed E-state index contributed by atoms with van der Waals surface area (Å²) in [5.41, 5.74) is 1.32. The van der Waals surface area contributed by atoms with Gasteiger partial charge in [-0.25, -0.2) is 13.1 Å². The van der Waals surface area contributed by atoms with E-state index in [0.717, 1.165) is 0 Å². The summed E-state index contributed by atoms with van der Waals surface area (Å²) in [7, 11) is -3.26. The Morgan fingerprint density at radius 2 is 1.14 bits per heavy atom. The van der Waals surface area contributed by atoms with E-state index in [4.69, 9.17) is 5.26 Å². The average molecular weight is 409 g/mol. The molecule has 0 fully saturated rings. The summed E-state index contributed by atoms with van der Waals surface area (Å²) < 4.78 is 25.1. The van der Waals surface area contributed by atoms with Crippen molar-refractivity contribution in [2.75, 3.05) is 6.54 Å². The van der Waals surface area contributed by atoms with Crippen LogP contribution in [0.5, 0.6) is 0 Å². The number of aryl methyl sites for hydroxylation is 1. The van der Waals surface area contributed by atoms with E-state index in [-0.39, 0.29) is 0 Å². The van der Waals surface area contributed by atoms with E-state index in [0.29, 0.717) is 11.4 Å². The maximum atomic E-state index is 11.3. The third-order valence-corrected chi connectivity index (χ3v) is 3.89. The third-order valence-electron chi connectivity index (χ3n) is 2.33. The number of hydrogen-bond donors (Lipinski definition) is 1. The summed E-state index contributed by atoms with van der Waals surface area (Å²) in [4.78, 5) is 0.312. The van der Waals surface area contributed by atoms with Crippen LogP contribution in [-0.4, -0.2) is 15.0 Å². The monoisotopic (exact) mass is 408 g/mol. The second-order valence-electron chi connectivity index (χ2n) is 4.19. The molecule has 28 heavy (non-hydrogen) atoms. The minimum absolute atomic E-state index is 0.312. The summed E-state index contributed by atoms with van der Waals surface area (Å²) in [5, 5.41) is 7.32. The largest absolute Gasteiger partial charge is 0.240 e. The summed E-state index contributed by atoms with van der Waals surface area (Å²) in [6, 6.07) is 20.3. The van der Waals surface area contributed by atoms with Gasteiger partial charge in [0, 0.05) is 13.5 Å². The topological polar surface area (TPSA) is 70.0 Å². The Kier molecular flexibility index (Phi) is 32.3. The number of benzene rings is 2. The zero-order chi connectivity index (χ0) is 22.8. The van der Waals surface area contributed by atoms with Gasteiger partial charge in [0.25, 0.3) is 0 Å². The summed E-state index contributed by atoms with van der Waals surface area (Å²) in [5.74, 6) is 0. The Bertz CT molecular complexity index is 650. The van der Waals surface area contributed by atoms with Crippen molar-refractivity contribution in [3.05, 3.63) is 66.2 Å². The highest BCUT2D eigenvalue weighted by atomic mass is 32.2. The Morgan fingerprint density at radius 3 is 1.39 bits per heavy atom. The number of hydrogen-bond acceptors (Lipinski definition) is 3. The van der Waals surface area contributed by atoms with Crippen LogP contribution in [0.2, 0.25) is 0 Å². The fraction of sp³-hybridized carbons (Fsp3) is 0.435. The predicted molar refractivity (Wildman–Crippen MR) is 124 cm³/mol. The smallest absolute Gasteiger partial charge is 0.211 e. The van der Waals surface area contributed by atoms with E-state index in [1.54, 1.807) is 43.3 Å². The van der Waals surface area contributed by atoms with Crippen LogP contribution in [0.4, 0.5) is 0 Å². The molecule has 0 radical (unpaired) electrons. The Hall–Kier alpha value is -2.16. The molecular weight excluding hydrogens is 368 g/mol. The lowest BCUT2D eigenvalue weighted by molar-refractivity contribution is 0.584. The van der Waals surface area contributed by atoms with Gasteiger partial charge in [0.1, 0.15) is 0 Å². The second-order valence-corrected chi connectivity index (χ2v) is 5.96.